The zero-order valence-electron chi connectivity index (χ0n) is 15.9. The van der Waals surface area contributed by atoms with E-state index in [1.807, 2.05) is 30.3 Å². The van der Waals surface area contributed by atoms with E-state index in [2.05, 4.69) is 5.32 Å². The van der Waals surface area contributed by atoms with E-state index < -0.39 is 53.5 Å². The number of amides is 3. The molecule has 3 aliphatic heterocycles. The van der Waals surface area contributed by atoms with Crippen LogP contribution in [0, 0.1) is 11.8 Å². The zero-order chi connectivity index (χ0) is 21.0. The van der Waals surface area contributed by atoms with Gasteiger partial charge in [0.15, 0.2) is 0 Å². The lowest BCUT2D eigenvalue weighted by atomic mass is 9.76. The second-order valence-corrected chi connectivity index (χ2v) is 8.03. The number of nitrogens with one attached hydrogen (secondary N) is 1. The molecular weight excluding hydrogens is 386 g/mol. The quantitative estimate of drug-likeness (QED) is 0.614. The number of hydrogen-bond acceptors (Lipinski definition) is 5. The van der Waals surface area contributed by atoms with Crippen molar-refractivity contribution < 1.29 is 29.6 Å². The maximum atomic E-state index is 13.5. The summed E-state index contributed by atoms with van der Waals surface area (Å²) in [6.07, 6.45) is -0.420. The summed E-state index contributed by atoms with van der Waals surface area (Å²) in [6.45, 7) is 0.0862. The van der Waals surface area contributed by atoms with E-state index in [-0.39, 0.29) is 6.54 Å². The van der Waals surface area contributed by atoms with Crippen molar-refractivity contribution in [1.82, 2.24) is 4.90 Å². The molecule has 5 rings (SSSR count). The topological polar surface area (TPSA) is 123 Å². The number of carbonyl (C=O) groups is 4. The summed E-state index contributed by atoms with van der Waals surface area (Å²) in [4.78, 5) is 52.5. The Balaban J connectivity index is 1.61. The van der Waals surface area contributed by atoms with Gasteiger partial charge in [0, 0.05) is 18.0 Å². The fraction of sp³-hybridized carbons (Fsp3) is 0.273. The first-order chi connectivity index (χ1) is 14.4. The summed E-state index contributed by atoms with van der Waals surface area (Å²) in [5, 5.41) is 15.8. The number of hydrogen-bond donors (Lipinski definition) is 2. The summed E-state index contributed by atoms with van der Waals surface area (Å²) in [5.74, 6) is -4.48. The van der Waals surface area contributed by atoms with Gasteiger partial charge in [0.2, 0.25) is 17.4 Å². The normalized spacial score (nSPS) is 29.3. The summed E-state index contributed by atoms with van der Waals surface area (Å²) >= 11 is 0. The highest BCUT2D eigenvalue weighted by Crippen LogP contribution is 2.49. The third-order valence-electron chi connectivity index (χ3n) is 6.45. The average molecular weight is 405 g/mol. The number of imide groups is 1. The first-order valence-corrected chi connectivity index (χ1v) is 9.79. The number of quaternary nitrogens is 1. The number of carbonyl (C=O) groups excluding carboxylic acids is 4. The lowest BCUT2D eigenvalue weighted by Crippen LogP contribution is -2.99. The number of aliphatic carboxylic acids is 1. The van der Waals surface area contributed by atoms with Crippen LogP contribution >= 0.6 is 0 Å². The van der Waals surface area contributed by atoms with Crippen molar-refractivity contribution >= 4 is 29.4 Å². The van der Waals surface area contributed by atoms with Crippen molar-refractivity contribution in [3.63, 3.8) is 0 Å². The number of para-hydroxylation sites is 1. The largest absolute Gasteiger partial charge is 0.550 e. The number of rotatable bonds is 4. The van der Waals surface area contributed by atoms with E-state index in [4.69, 9.17) is 0 Å². The van der Waals surface area contributed by atoms with E-state index in [1.165, 1.54) is 0 Å². The van der Waals surface area contributed by atoms with Crippen LogP contribution in [0.3, 0.4) is 0 Å². The molecule has 3 heterocycles. The first kappa shape index (κ1) is 18.5. The van der Waals surface area contributed by atoms with Crippen molar-refractivity contribution in [2.45, 2.75) is 24.5 Å². The van der Waals surface area contributed by atoms with Gasteiger partial charge in [-0.15, -0.1) is 0 Å². The number of nitrogens with zero attached hydrogens (tertiary/aromatic N) is 1. The van der Waals surface area contributed by atoms with E-state index in [1.54, 1.807) is 29.6 Å². The minimum Gasteiger partial charge on any atom is -0.550 e. The molecule has 152 valence electrons. The second kappa shape index (κ2) is 6.50. The molecule has 30 heavy (non-hydrogen) atoms. The molecule has 2 saturated heterocycles. The van der Waals surface area contributed by atoms with E-state index in [9.17, 15) is 24.3 Å². The maximum absolute atomic E-state index is 13.5. The van der Waals surface area contributed by atoms with Gasteiger partial charge in [-0.25, -0.2) is 0 Å². The van der Waals surface area contributed by atoms with Gasteiger partial charge < -0.3 is 20.5 Å². The fourth-order valence-electron chi connectivity index (χ4n) is 5.28. The number of carboxylic acids is 1. The Kier molecular flexibility index (Phi) is 4.01. The fourth-order valence-corrected chi connectivity index (χ4v) is 5.28. The second-order valence-electron chi connectivity index (χ2n) is 8.03. The van der Waals surface area contributed by atoms with Crippen LogP contribution in [0.2, 0.25) is 0 Å². The first-order valence-electron chi connectivity index (χ1n) is 9.79. The summed E-state index contributed by atoms with van der Waals surface area (Å²) in [5.41, 5.74) is 0.603. The van der Waals surface area contributed by atoms with E-state index >= 15 is 0 Å². The lowest BCUT2D eigenvalue weighted by Gasteiger charge is -2.26. The Bertz CT molecular complexity index is 1090. The molecule has 0 saturated carbocycles. The Labute approximate surface area is 171 Å². The number of benzene rings is 2. The smallest absolute Gasteiger partial charge is 0.291 e. The molecule has 2 aromatic carbocycles. The molecule has 1 spiro atoms. The molecule has 0 unspecified atom stereocenters. The van der Waals surface area contributed by atoms with Crippen molar-refractivity contribution in [2.75, 3.05) is 5.32 Å². The molecule has 0 radical (unpaired) electrons. The van der Waals surface area contributed by atoms with Crippen LogP contribution in [0.4, 0.5) is 5.69 Å². The van der Waals surface area contributed by atoms with Crippen LogP contribution in [0.15, 0.2) is 54.6 Å². The molecular formula is C22H19N3O5. The molecule has 0 aromatic heterocycles. The number of fused-ring (bicyclic) bond motifs is 4. The van der Waals surface area contributed by atoms with Crippen LogP contribution in [-0.4, -0.2) is 34.6 Å². The van der Waals surface area contributed by atoms with Crippen molar-refractivity contribution in [1.29, 1.82) is 0 Å². The number of carboxylic acid groups (broad SMARTS) is 1. The van der Waals surface area contributed by atoms with Gasteiger partial charge in [-0.2, -0.15) is 0 Å². The van der Waals surface area contributed by atoms with Gasteiger partial charge in [0.25, 0.3) is 5.91 Å². The molecule has 4 atom stereocenters. The standard InChI is InChI=1S/C22H19N3O5/c26-16(27)10-15-17-18(20(29)25(19(17)28)11-12-6-2-1-3-7-12)22(24-15)13-8-4-5-9-14(13)23-21(22)30/h1-9,15,17-18,24H,10-11H2,(H,23,30)(H,26,27)/t15-,17+,18+,22+/m0/s1. The summed E-state index contributed by atoms with van der Waals surface area (Å²) in [7, 11) is 0. The van der Waals surface area contributed by atoms with Gasteiger partial charge in [-0.1, -0.05) is 48.5 Å². The van der Waals surface area contributed by atoms with E-state index in [0.29, 0.717) is 11.3 Å². The van der Waals surface area contributed by atoms with Gasteiger partial charge in [0.1, 0.15) is 17.9 Å². The van der Waals surface area contributed by atoms with Gasteiger partial charge in [0.05, 0.1) is 12.2 Å². The highest BCUT2D eigenvalue weighted by atomic mass is 16.4. The predicted molar refractivity (Wildman–Crippen MR) is 101 cm³/mol. The average Bonchev–Trinajstić information content (AvgIpc) is 3.29. The van der Waals surface area contributed by atoms with Crippen LogP contribution < -0.4 is 15.7 Å². The van der Waals surface area contributed by atoms with Crippen LogP contribution in [-0.2, 0) is 31.3 Å². The monoisotopic (exact) mass is 405 g/mol. The Morgan fingerprint density at radius 1 is 1.03 bits per heavy atom. The zero-order valence-corrected chi connectivity index (χ0v) is 15.9. The SMILES string of the molecule is O=C([O-])C[C@@H]1[NH2+][C@@]2(C(=O)Nc3ccccc32)[C@H]2C(=O)N(Cc3ccccc3)C(=O)[C@H]12. The van der Waals surface area contributed by atoms with Gasteiger partial charge in [-0.3, -0.25) is 19.3 Å². The number of nitrogens with two attached hydrogens (primary N) is 1. The van der Waals surface area contributed by atoms with Gasteiger partial charge in [-0.05, 0) is 11.6 Å². The molecule has 3 N–H and O–H groups in total. The Morgan fingerprint density at radius 3 is 2.47 bits per heavy atom. The van der Waals surface area contributed by atoms with Crippen LogP contribution in [0.1, 0.15) is 17.5 Å². The molecule has 8 nitrogen and oxygen atoms in total. The van der Waals surface area contributed by atoms with Gasteiger partial charge >= 0.3 is 0 Å². The maximum Gasteiger partial charge on any atom is 0.291 e. The van der Waals surface area contributed by atoms with Crippen LogP contribution in [0.25, 0.3) is 0 Å². The molecule has 3 aliphatic rings. The molecule has 2 fully saturated rings. The third-order valence-corrected chi connectivity index (χ3v) is 6.45. The Hall–Kier alpha value is -3.52. The van der Waals surface area contributed by atoms with E-state index in [0.717, 1.165) is 10.5 Å². The minimum absolute atomic E-state index is 0.0862. The molecule has 0 aliphatic carbocycles. The van der Waals surface area contributed by atoms with Crippen LogP contribution in [0.5, 0.6) is 0 Å². The number of likely N-dealkylation sites (tertiary alicyclic amines) is 1. The summed E-state index contributed by atoms with van der Waals surface area (Å²) in [6, 6.07) is 15.3. The summed E-state index contributed by atoms with van der Waals surface area (Å²) < 4.78 is 0. The minimum atomic E-state index is -1.36. The van der Waals surface area contributed by atoms with Crippen molar-refractivity contribution in [2.24, 2.45) is 11.8 Å². The highest BCUT2D eigenvalue weighted by Gasteiger charge is 2.74. The van der Waals surface area contributed by atoms with Crippen molar-refractivity contribution in [3.8, 4) is 0 Å². The molecule has 8 heteroatoms. The molecule has 0 bridgehead atoms. The predicted octanol–water partition coefficient (Wildman–Crippen LogP) is -1.28. The lowest BCUT2D eigenvalue weighted by molar-refractivity contribution is -0.733. The highest BCUT2D eigenvalue weighted by molar-refractivity contribution is 6.13. The number of anilines is 1. The molecule has 2 aromatic rings. The third kappa shape index (κ3) is 2.43. The van der Waals surface area contributed by atoms with Crippen molar-refractivity contribution in [3.05, 3.63) is 65.7 Å². The molecule has 3 amide bonds. The Morgan fingerprint density at radius 2 is 1.73 bits per heavy atom.